The lowest BCUT2D eigenvalue weighted by atomic mass is 9.95. The Balaban J connectivity index is 2.54. The molecule has 0 aliphatic carbocycles. The van der Waals surface area contributed by atoms with Gasteiger partial charge in [0.1, 0.15) is 5.82 Å². The molecule has 0 aliphatic rings. The standard InChI is InChI=1S/C17H28FNO/c1-5-20-11-10-15(13-19-17(2,3)4)12-14-6-8-16(18)9-7-14/h6-9,15,19H,5,10-13H2,1-4H3. The Morgan fingerprint density at radius 2 is 1.85 bits per heavy atom. The topological polar surface area (TPSA) is 21.3 Å². The van der Waals surface area contributed by atoms with E-state index in [1.54, 1.807) is 0 Å². The van der Waals surface area contributed by atoms with Crippen molar-refractivity contribution in [3.63, 3.8) is 0 Å². The molecule has 1 aromatic carbocycles. The van der Waals surface area contributed by atoms with Crippen molar-refractivity contribution in [2.45, 2.75) is 46.1 Å². The quantitative estimate of drug-likeness (QED) is 0.732. The fourth-order valence-corrected chi connectivity index (χ4v) is 2.07. The second-order valence-electron chi connectivity index (χ2n) is 6.31. The van der Waals surface area contributed by atoms with E-state index in [1.807, 2.05) is 19.1 Å². The first kappa shape index (κ1) is 17.1. The third-order valence-electron chi connectivity index (χ3n) is 3.23. The molecule has 0 bridgehead atoms. The predicted octanol–water partition coefficient (Wildman–Crippen LogP) is 3.80. The van der Waals surface area contributed by atoms with E-state index in [0.29, 0.717) is 5.92 Å². The number of benzene rings is 1. The highest BCUT2D eigenvalue weighted by Gasteiger charge is 2.15. The van der Waals surface area contributed by atoms with Gasteiger partial charge in [0.2, 0.25) is 0 Å². The lowest BCUT2D eigenvalue weighted by molar-refractivity contribution is 0.130. The molecule has 1 N–H and O–H groups in total. The zero-order valence-electron chi connectivity index (χ0n) is 13.2. The molecule has 0 aromatic heterocycles. The van der Waals surface area contributed by atoms with Gasteiger partial charge in [-0.3, -0.25) is 0 Å². The summed E-state index contributed by atoms with van der Waals surface area (Å²) in [6.45, 7) is 11.0. The Morgan fingerprint density at radius 3 is 2.40 bits per heavy atom. The van der Waals surface area contributed by atoms with Crippen LogP contribution in [0.25, 0.3) is 0 Å². The molecule has 0 heterocycles. The van der Waals surface area contributed by atoms with Gasteiger partial charge in [0.25, 0.3) is 0 Å². The van der Waals surface area contributed by atoms with Crippen molar-refractivity contribution in [1.29, 1.82) is 0 Å². The molecular formula is C17H28FNO. The highest BCUT2D eigenvalue weighted by molar-refractivity contribution is 5.16. The summed E-state index contributed by atoms with van der Waals surface area (Å²) in [5.74, 6) is 0.332. The first-order valence-electron chi connectivity index (χ1n) is 7.48. The summed E-state index contributed by atoms with van der Waals surface area (Å²) >= 11 is 0. The van der Waals surface area contributed by atoms with Crippen LogP contribution >= 0.6 is 0 Å². The van der Waals surface area contributed by atoms with E-state index in [2.05, 4.69) is 26.1 Å². The normalized spacial score (nSPS) is 13.4. The Kier molecular flexibility index (Phi) is 7.17. The van der Waals surface area contributed by atoms with Gasteiger partial charge in [-0.15, -0.1) is 0 Å². The molecule has 2 nitrogen and oxygen atoms in total. The van der Waals surface area contributed by atoms with Crippen molar-refractivity contribution < 1.29 is 9.13 Å². The fraction of sp³-hybridized carbons (Fsp3) is 0.647. The zero-order chi connectivity index (χ0) is 15.0. The van der Waals surface area contributed by atoms with E-state index in [4.69, 9.17) is 4.74 Å². The van der Waals surface area contributed by atoms with Crippen LogP contribution < -0.4 is 5.32 Å². The molecule has 0 fully saturated rings. The van der Waals surface area contributed by atoms with E-state index in [1.165, 1.54) is 17.7 Å². The SMILES string of the molecule is CCOCCC(CNC(C)(C)C)Cc1ccc(F)cc1. The van der Waals surface area contributed by atoms with E-state index in [0.717, 1.165) is 32.6 Å². The molecule has 1 atom stereocenters. The molecule has 1 rings (SSSR count). The van der Waals surface area contributed by atoms with Crippen LogP contribution in [0, 0.1) is 11.7 Å². The van der Waals surface area contributed by atoms with Crippen molar-refractivity contribution in [2.24, 2.45) is 5.92 Å². The Hall–Kier alpha value is -0.930. The van der Waals surface area contributed by atoms with Crippen LogP contribution in [-0.2, 0) is 11.2 Å². The first-order valence-corrected chi connectivity index (χ1v) is 7.48. The molecule has 0 aliphatic heterocycles. The molecule has 0 amide bonds. The summed E-state index contributed by atoms with van der Waals surface area (Å²) in [5, 5.41) is 3.55. The second-order valence-corrected chi connectivity index (χ2v) is 6.31. The molecular weight excluding hydrogens is 253 g/mol. The number of rotatable bonds is 8. The maximum absolute atomic E-state index is 12.9. The van der Waals surface area contributed by atoms with Crippen LogP contribution in [0.3, 0.4) is 0 Å². The van der Waals surface area contributed by atoms with Crippen LogP contribution in [-0.4, -0.2) is 25.3 Å². The summed E-state index contributed by atoms with van der Waals surface area (Å²) in [4.78, 5) is 0. The van der Waals surface area contributed by atoms with Crippen LogP contribution in [0.1, 0.15) is 39.7 Å². The third-order valence-corrected chi connectivity index (χ3v) is 3.23. The van der Waals surface area contributed by atoms with Crippen LogP contribution in [0.15, 0.2) is 24.3 Å². The lowest BCUT2D eigenvalue weighted by Gasteiger charge is -2.25. The van der Waals surface area contributed by atoms with Crippen molar-refractivity contribution in [1.82, 2.24) is 5.32 Å². The first-order chi connectivity index (χ1) is 9.40. The number of hydrogen-bond acceptors (Lipinski definition) is 2. The number of halogens is 1. The average molecular weight is 281 g/mol. The van der Waals surface area contributed by atoms with Crippen molar-refractivity contribution in [3.8, 4) is 0 Å². The molecule has 1 unspecified atom stereocenters. The average Bonchev–Trinajstić information content (AvgIpc) is 2.37. The summed E-state index contributed by atoms with van der Waals surface area (Å²) in [5.41, 5.74) is 1.30. The van der Waals surface area contributed by atoms with Crippen LogP contribution in [0.5, 0.6) is 0 Å². The van der Waals surface area contributed by atoms with Gasteiger partial charge < -0.3 is 10.1 Å². The molecule has 1 aromatic rings. The fourth-order valence-electron chi connectivity index (χ4n) is 2.07. The van der Waals surface area contributed by atoms with Gasteiger partial charge in [0, 0.05) is 18.8 Å². The zero-order valence-corrected chi connectivity index (χ0v) is 13.2. The van der Waals surface area contributed by atoms with Crippen LogP contribution in [0.4, 0.5) is 4.39 Å². The summed E-state index contributed by atoms with van der Waals surface area (Å²) in [6.07, 6.45) is 1.98. The molecule has 0 saturated carbocycles. The Morgan fingerprint density at radius 1 is 1.20 bits per heavy atom. The van der Waals surface area contributed by atoms with Crippen molar-refractivity contribution in [3.05, 3.63) is 35.6 Å². The van der Waals surface area contributed by atoms with Gasteiger partial charge in [-0.1, -0.05) is 12.1 Å². The third kappa shape index (κ3) is 7.61. The predicted molar refractivity (Wildman–Crippen MR) is 82.5 cm³/mol. The summed E-state index contributed by atoms with van der Waals surface area (Å²) in [6, 6.07) is 6.82. The molecule has 3 heteroatoms. The highest BCUT2D eigenvalue weighted by atomic mass is 19.1. The molecule has 0 saturated heterocycles. The summed E-state index contributed by atoms with van der Waals surface area (Å²) < 4.78 is 18.4. The number of hydrogen-bond donors (Lipinski definition) is 1. The van der Waals surface area contributed by atoms with Crippen molar-refractivity contribution >= 4 is 0 Å². The highest BCUT2D eigenvalue weighted by Crippen LogP contribution is 2.14. The van der Waals surface area contributed by atoms with Gasteiger partial charge in [0.15, 0.2) is 0 Å². The van der Waals surface area contributed by atoms with Gasteiger partial charge in [-0.2, -0.15) is 0 Å². The van der Waals surface area contributed by atoms with E-state index < -0.39 is 0 Å². The minimum atomic E-state index is -0.174. The number of nitrogens with one attached hydrogen (secondary N) is 1. The molecule has 0 radical (unpaired) electrons. The molecule has 20 heavy (non-hydrogen) atoms. The molecule has 114 valence electrons. The van der Waals surface area contributed by atoms with E-state index in [9.17, 15) is 4.39 Å². The minimum Gasteiger partial charge on any atom is -0.382 e. The van der Waals surface area contributed by atoms with Crippen molar-refractivity contribution in [2.75, 3.05) is 19.8 Å². The largest absolute Gasteiger partial charge is 0.382 e. The van der Waals surface area contributed by atoms with E-state index >= 15 is 0 Å². The Labute approximate surface area is 122 Å². The monoisotopic (exact) mass is 281 g/mol. The maximum Gasteiger partial charge on any atom is 0.123 e. The lowest BCUT2D eigenvalue weighted by Crippen LogP contribution is -2.39. The molecule has 0 spiro atoms. The van der Waals surface area contributed by atoms with Gasteiger partial charge >= 0.3 is 0 Å². The number of ether oxygens (including phenoxy) is 1. The van der Waals surface area contributed by atoms with Gasteiger partial charge in [-0.25, -0.2) is 4.39 Å². The summed E-state index contributed by atoms with van der Waals surface area (Å²) in [7, 11) is 0. The van der Waals surface area contributed by atoms with Crippen LogP contribution in [0.2, 0.25) is 0 Å². The maximum atomic E-state index is 12.9. The van der Waals surface area contributed by atoms with Gasteiger partial charge in [-0.05, 0) is 70.7 Å². The second kappa shape index (κ2) is 8.38. The Bertz CT molecular complexity index is 370. The van der Waals surface area contributed by atoms with E-state index in [-0.39, 0.29) is 11.4 Å². The minimum absolute atomic E-state index is 0.118. The van der Waals surface area contributed by atoms with Gasteiger partial charge in [0.05, 0.1) is 0 Å². The smallest absolute Gasteiger partial charge is 0.123 e.